The van der Waals surface area contributed by atoms with Gasteiger partial charge < -0.3 is 26.1 Å². The summed E-state index contributed by atoms with van der Waals surface area (Å²) < 4.78 is 49.2. The van der Waals surface area contributed by atoms with Gasteiger partial charge in [0.25, 0.3) is 10.5 Å². The fourth-order valence-electron chi connectivity index (χ4n) is 2.73. The molecule has 3 rings (SSSR count). The molecule has 2 aromatic carbocycles. The van der Waals surface area contributed by atoms with Crippen LogP contribution in [0.1, 0.15) is 26.2 Å². The van der Waals surface area contributed by atoms with E-state index in [1.807, 2.05) is 6.92 Å². The van der Waals surface area contributed by atoms with Crippen LogP contribution < -0.4 is 21.3 Å². The zero-order valence-corrected chi connectivity index (χ0v) is 22.3. The lowest BCUT2D eigenvalue weighted by molar-refractivity contribution is 0.266. The van der Waals surface area contributed by atoms with Crippen molar-refractivity contribution < 1.29 is 37.0 Å². The van der Waals surface area contributed by atoms with E-state index in [9.17, 15) is 12.8 Å². The first-order valence-corrected chi connectivity index (χ1v) is 12.2. The lowest BCUT2D eigenvalue weighted by atomic mass is 10.1. The summed E-state index contributed by atoms with van der Waals surface area (Å²) in [5, 5.41) is 4.08. The number of carbonyl (C=O) groups is 2. The number of primary amides is 2. The molecule has 11 nitrogen and oxygen atoms in total. The van der Waals surface area contributed by atoms with E-state index in [0.717, 1.165) is 0 Å². The van der Waals surface area contributed by atoms with Crippen LogP contribution in [0.2, 0.25) is 0 Å². The number of hydrogen-bond acceptors (Lipinski definition) is 7. The standard InChI is InChI=1S/C20H19FN2O4S.2CH3NOS.CH4.H2O/c1-4-12(2)20-23-18(13-9-10-16(26-3)15(21)11-13)19(27-20)14-7-5-6-8-17(14)28(22,24)25;2*2-1(3)4;;/h4-12H,1H2,2-3H3,(H2,22,24,25);2*(H3,2,3,4);1H4;1H2. The summed E-state index contributed by atoms with van der Waals surface area (Å²) in [5.74, 6) is -0.235. The van der Waals surface area contributed by atoms with E-state index < -0.39 is 26.3 Å². The molecule has 1 atom stereocenters. The number of halogens is 1. The molecule has 15 heteroatoms. The number of primary sulfonamides is 1. The minimum Gasteiger partial charge on any atom is -0.494 e. The molecular formula is C23H31FN4O7S3. The molecule has 0 radical (unpaired) electrons. The lowest BCUT2D eigenvalue weighted by Crippen LogP contribution is -2.13. The highest BCUT2D eigenvalue weighted by molar-refractivity contribution is 7.96. The Morgan fingerprint density at radius 1 is 1.16 bits per heavy atom. The summed E-state index contributed by atoms with van der Waals surface area (Å²) in [6.07, 6.45) is 1.64. The van der Waals surface area contributed by atoms with Crippen LogP contribution in [0.4, 0.5) is 14.0 Å². The molecular weight excluding hydrogens is 559 g/mol. The highest BCUT2D eigenvalue weighted by Crippen LogP contribution is 2.38. The molecule has 0 spiro atoms. The van der Waals surface area contributed by atoms with E-state index >= 15 is 0 Å². The van der Waals surface area contributed by atoms with Gasteiger partial charge in [-0.25, -0.2) is 22.9 Å². The first-order chi connectivity index (χ1) is 16.7. The number of methoxy groups -OCH3 is 1. The Kier molecular flexibility index (Phi) is 15.9. The van der Waals surface area contributed by atoms with Crippen LogP contribution in [-0.2, 0) is 10.0 Å². The van der Waals surface area contributed by atoms with Gasteiger partial charge in [-0.2, -0.15) is 0 Å². The van der Waals surface area contributed by atoms with E-state index in [4.69, 9.17) is 23.9 Å². The number of sulfonamides is 1. The number of thiol groups is 2. The maximum Gasteiger partial charge on any atom is 0.273 e. The topological polar surface area (TPSA) is 213 Å². The van der Waals surface area contributed by atoms with Crippen molar-refractivity contribution in [2.24, 2.45) is 16.6 Å². The molecule has 0 aliphatic heterocycles. The van der Waals surface area contributed by atoms with Gasteiger partial charge >= 0.3 is 0 Å². The number of oxazole rings is 1. The van der Waals surface area contributed by atoms with Crippen molar-refractivity contribution in [3.63, 3.8) is 0 Å². The fraction of sp³-hybridized carbons (Fsp3) is 0.174. The number of aromatic nitrogens is 1. The van der Waals surface area contributed by atoms with Gasteiger partial charge in [-0.15, -0.1) is 6.58 Å². The molecule has 1 aromatic heterocycles. The van der Waals surface area contributed by atoms with Gasteiger partial charge in [0.1, 0.15) is 5.69 Å². The van der Waals surface area contributed by atoms with E-state index in [2.05, 4.69) is 48.3 Å². The van der Waals surface area contributed by atoms with Crippen LogP contribution in [-0.4, -0.2) is 36.5 Å². The number of ether oxygens (including phenoxy) is 1. The molecule has 0 aliphatic carbocycles. The number of nitrogens with zero attached hydrogens (tertiary/aromatic N) is 1. The molecule has 0 saturated carbocycles. The first kappa shape index (κ1) is 36.8. The third-order valence-electron chi connectivity index (χ3n) is 4.25. The van der Waals surface area contributed by atoms with Crippen LogP contribution in [0.5, 0.6) is 5.75 Å². The second-order valence-corrected chi connectivity index (χ2v) is 9.23. The van der Waals surface area contributed by atoms with Crippen molar-refractivity contribution in [3.05, 3.63) is 66.8 Å². The molecule has 3 aromatic rings. The normalized spacial score (nSPS) is 10.6. The number of amides is 2. The Hall–Kier alpha value is -3.37. The number of allylic oxidation sites excluding steroid dienone is 1. The zero-order chi connectivity index (χ0) is 27.6. The van der Waals surface area contributed by atoms with Crippen LogP contribution in [0.15, 0.2) is 64.4 Å². The number of rotatable bonds is 6. The van der Waals surface area contributed by atoms with Gasteiger partial charge in [0, 0.05) is 11.1 Å². The second kappa shape index (κ2) is 16.5. The summed E-state index contributed by atoms with van der Waals surface area (Å²) in [7, 11) is -2.65. The van der Waals surface area contributed by atoms with E-state index in [-0.39, 0.29) is 40.8 Å². The van der Waals surface area contributed by atoms with Crippen molar-refractivity contribution in [2.45, 2.75) is 25.2 Å². The second-order valence-electron chi connectivity index (χ2n) is 6.82. The van der Waals surface area contributed by atoms with Gasteiger partial charge in [0.15, 0.2) is 17.3 Å². The zero-order valence-electron chi connectivity index (χ0n) is 19.7. The number of hydrogen-bond donors (Lipinski definition) is 5. The number of nitrogens with two attached hydrogens (primary N) is 3. The highest BCUT2D eigenvalue weighted by Gasteiger charge is 2.24. The SMILES string of the molecule is C.C=CC(C)c1nc(-c2ccc(OC)c(F)c2)c(-c2ccccc2S(N)(=O)=O)o1.NC(=O)S.NC(=O)S.O. The van der Waals surface area contributed by atoms with Crippen LogP contribution in [0.25, 0.3) is 22.6 Å². The predicted octanol–water partition coefficient (Wildman–Crippen LogP) is 3.89. The largest absolute Gasteiger partial charge is 0.494 e. The highest BCUT2D eigenvalue weighted by atomic mass is 32.2. The van der Waals surface area contributed by atoms with Gasteiger partial charge in [-0.05, 0) is 30.3 Å². The fourth-order valence-corrected chi connectivity index (χ4v) is 3.46. The Morgan fingerprint density at radius 2 is 1.68 bits per heavy atom. The molecule has 1 unspecified atom stereocenters. The summed E-state index contributed by atoms with van der Waals surface area (Å²) >= 11 is 6.21. The monoisotopic (exact) mass is 590 g/mol. The molecule has 0 saturated heterocycles. The Bertz CT molecular complexity index is 1330. The van der Waals surface area contributed by atoms with Crippen molar-refractivity contribution in [3.8, 4) is 28.3 Å². The molecule has 1 heterocycles. The lowest BCUT2D eigenvalue weighted by Gasteiger charge is -2.08. The molecule has 8 N–H and O–H groups in total. The van der Waals surface area contributed by atoms with E-state index in [0.29, 0.717) is 17.1 Å². The van der Waals surface area contributed by atoms with E-state index in [1.165, 1.54) is 25.3 Å². The molecule has 210 valence electrons. The van der Waals surface area contributed by atoms with Crippen LogP contribution in [0.3, 0.4) is 0 Å². The predicted molar refractivity (Wildman–Crippen MR) is 151 cm³/mol. The van der Waals surface area contributed by atoms with Crippen LogP contribution in [0, 0.1) is 5.82 Å². The average molecular weight is 591 g/mol. The number of benzene rings is 2. The summed E-state index contributed by atoms with van der Waals surface area (Å²) in [6, 6.07) is 10.5. The average Bonchev–Trinajstić information content (AvgIpc) is 3.22. The minimum atomic E-state index is -4.02. The smallest absolute Gasteiger partial charge is 0.273 e. The summed E-state index contributed by atoms with van der Waals surface area (Å²) in [6.45, 7) is 5.55. The molecule has 38 heavy (non-hydrogen) atoms. The quantitative estimate of drug-likeness (QED) is 0.211. The maximum absolute atomic E-state index is 14.3. The van der Waals surface area contributed by atoms with Gasteiger partial charge in [-0.3, -0.25) is 9.59 Å². The van der Waals surface area contributed by atoms with Crippen molar-refractivity contribution in [1.29, 1.82) is 0 Å². The molecule has 0 aliphatic rings. The van der Waals surface area contributed by atoms with Crippen molar-refractivity contribution in [2.75, 3.05) is 7.11 Å². The third kappa shape index (κ3) is 10.9. The van der Waals surface area contributed by atoms with Gasteiger partial charge in [-0.1, -0.05) is 57.8 Å². The molecule has 0 bridgehead atoms. The minimum absolute atomic E-state index is 0. The van der Waals surface area contributed by atoms with Gasteiger partial charge in [0.05, 0.1) is 17.9 Å². The maximum atomic E-state index is 14.3. The molecule has 2 amide bonds. The van der Waals surface area contributed by atoms with Crippen molar-refractivity contribution in [1.82, 2.24) is 4.98 Å². The van der Waals surface area contributed by atoms with Crippen LogP contribution >= 0.6 is 25.3 Å². The molecule has 0 fully saturated rings. The Morgan fingerprint density at radius 3 is 2.13 bits per heavy atom. The Labute approximate surface area is 231 Å². The summed E-state index contributed by atoms with van der Waals surface area (Å²) in [5.41, 5.74) is 9.61. The number of carbonyl (C=O) groups excluding carboxylic acids is 2. The third-order valence-corrected chi connectivity index (χ3v) is 5.22. The Balaban J connectivity index is 0. The van der Waals surface area contributed by atoms with E-state index in [1.54, 1.807) is 30.3 Å². The summed E-state index contributed by atoms with van der Waals surface area (Å²) in [4.78, 5) is 22.5. The van der Waals surface area contributed by atoms with Crippen molar-refractivity contribution >= 4 is 45.8 Å². The van der Waals surface area contributed by atoms with Gasteiger partial charge in [0.2, 0.25) is 15.9 Å². The first-order valence-electron chi connectivity index (χ1n) is 9.79.